The third-order valence-electron chi connectivity index (χ3n) is 5.71. The zero-order chi connectivity index (χ0) is 24.7. The summed E-state index contributed by atoms with van der Waals surface area (Å²) < 4.78 is 45.8. The molecule has 0 radical (unpaired) electrons. The fourth-order valence-electron chi connectivity index (χ4n) is 3.98. The summed E-state index contributed by atoms with van der Waals surface area (Å²) in [6.45, 7) is 3.73. The minimum atomic E-state index is -4.44. The van der Waals surface area contributed by atoms with Crippen LogP contribution in [-0.4, -0.2) is 29.9 Å². The van der Waals surface area contributed by atoms with E-state index in [1.54, 1.807) is 6.92 Å². The highest BCUT2D eigenvalue weighted by atomic mass is 19.4. The van der Waals surface area contributed by atoms with Crippen molar-refractivity contribution in [1.29, 1.82) is 0 Å². The standard InChI is InChI=1S/C24H19F3N6O2/c1-13-4-3-5-15(10-13)11-18-29-21-19(22(34)30-18)20(23-31-28-12-35-23)32-33(21)14(2)16-6-8-17(9-7-16)24(25,26)27/h3-10,12,14H,11H2,1-2H3,(H,29,30,34). The van der Waals surface area contributed by atoms with Gasteiger partial charge in [0.15, 0.2) is 11.3 Å². The molecule has 0 aliphatic heterocycles. The van der Waals surface area contributed by atoms with Crippen LogP contribution in [0.25, 0.3) is 22.6 Å². The Labute approximate surface area is 196 Å². The lowest BCUT2D eigenvalue weighted by molar-refractivity contribution is -0.137. The molecule has 0 spiro atoms. The Hall–Kier alpha value is -4.28. The van der Waals surface area contributed by atoms with Crippen molar-refractivity contribution in [3.05, 3.63) is 93.4 Å². The van der Waals surface area contributed by atoms with Crippen molar-refractivity contribution < 1.29 is 17.6 Å². The average molecular weight is 480 g/mol. The van der Waals surface area contributed by atoms with Crippen molar-refractivity contribution in [2.75, 3.05) is 0 Å². The number of halogens is 3. The first-order chi connectivity index (χ1) is 16.7. The molecular weight excluding hydrogens is 461 g/mol. The van der Waals surface area contributed by atoms with Crippen LogP contribution in [0.4, 0.5) is 13.2 Å². The molecule has 5 rings (SSSR count). The van der Waals surface area contributed by atoms with Crippen molar-refractivity contribution >= 4 is 11.0 Å². The van der Waals surface area contributed by atoms with Crippen molar-refractivity contribution in [1.82, 2.24) is 29.9 Å². The van der Waals surface area contributed by atoms with Crippen LogP contribution in [0.3, 0.4) is 0 Å². The molecule has 8 nitrogen and oxygen atoms in total. The first kappa shape index (κ1) is 22.5. The lowest BCUT2D eigenvalue weighted by Crippen LogP contribution is -2.15. The Morgan fingerprint density at radius 1 is 1.14 bits per heavy atom. The molecule has 2 aromatic carbocycles. The monoisotopic (exact) mass is 480 g/mol. The minimum absolute atomic E-state index is 0.0344. The van der Waals surface area contributed by atoms with Crippen molar-refractivity contribution in [3.8, 4) is 11.6 Å². The van der Waals surface area contributed by atoms with Crippen LogP contribution in [-0.2, 0) is 12.6 Å². The molecule has 35 heavy (non-hydrogen) atoms. The van der Waals surface area contributed by atoms with Gasteiger partial charge in [0, 0.05) is 6.42 Å². The number of alkyl halides is 3. The number of benzene rings is 2. The molecule has 3 heterocycles. The summed E-state index contributed by atoms with van der Waals surface area (Å²) in [7, 11) is 0. The molecular formula is C24H19F3N6O2. The molecule has 0 aliphatic carbocycles. The van der Waals surface area contributed by atoms with Crippen LogP contribution < -0.4 is 5.56 Å². The maximum Gasteiger partial charge on any atom is 0.416 e. The highest BCUT2D eigenvalue weighted by Gasteiger charge is 2.30. The lowest BCUT2D eigenvalue weighted by atomic mass is 10.1. The third-order valence-corrected chi connectivity index (χ3v) is 5.71. The summed E-state index contributed by atoms with van der Waals surface area (Å²) >= 11 is 0. The van der Waals surface area contributed by atoms with Gasteiger partial charge >= 0.3 is 6.18 Å². The summed E-state index contributed by atoms with van der Waals surface area (Å²) in [5, 5.41) is 12.2. The van der Waals surface area contributed by atoms with E-state index >= 15 is 0 Å². The van der Waals surface area contributed by atoms with Crippen LogP contribution in [0.5, 0.6) is 0 Å². The van der Waals surface area contributed by atoms with Gasteiger partial charge in [0.2, 0.25) is 6.39 Å². The van der Waals surface area contributed by atoms with Gasteiger partial charge in [-0.1, -0.05) is 42.0 Å². The zero-order valence-electron chi connectivity index (χ0n) is 18.7. The fraction of sp³-hybridized carbons (Fsp3) is 0.208. The molecule has 1 atom stereocenters. The topological polar surface area (TPSA) is 102 Å². The molecule has 178 valence electrons. The molecule has 0 saturated heterocycles. The predicted octanol–water partition coefficient (Wildman–Crippen LogP) is 4.70. The van der Waals surface area contributed by atoms with Gasteiger partial charge in [0.1, 0.15) is 11.2 Å². The van der Waals surface area contributed by atoms with E-state index in [0.29, 0.717) is 17.8 Å². The molecule has 0 fully saturated rings. The van der Waals surface area contributed by atoms with E-state index in [0.717, 1.165) is 29.7 Å². The maximum absolute atomic E-state index is 13.1. The molecule has 0 saturated carbocycles. The summed E-state index contributed by atoms with van der Waals surface area (Å²) in [6, 6.07) is 12.1. The summed E-state index contributed by atoms with van der Waals surface area (Å²) in [5.74, 6) is 0.457. The van der Waals surface area contributed by atoms with Gasteiger partial charge in [-0.2, -0.15) is 18.3 Å². The number of nitrogens with one attached hydrogen (secondary N) is 1. The van der Waals surface area contributed by atoms with Gasteiger partial charge in [-0.25, -0.2) is 9.67 Å². The Balaban J connectivity index is 1.64. The number of aromatic nitrogens is 6. The Bertz CT molecular complexity index is 1550. The SMILES string of the molecule is Cc1cccc(Cc2nc3c(c(-c4nnco4)nn3C(C)c3ccc(C(F)(F)F)cc3)c(=O)[nH]2)c1. The van der Waals surface area contributed by atoms with Gasteiger partial charge in [-0.05, 0) is 37.1 Å². The fourth-order valence-corrected chi connectivity index (χ4v) is 3.98. The summed E-state index contributed by atoms with van der Waals surface area (Å²) in [6.07, 6.45) is -2.94. The number of aryl methyl sites for hydroxylation is 1. The van der Waals surface area contributed by atoms with Crippen LogP contribution in [0.1, 0.15) is 41.0 Å². The van der Waals surface area contributed by atoms with E-state index in [1.807, 2.05) is 31.2 Å². The Morgan fingerprint density at radius 2 is 1.91 bits per heavy atom. The van der Waals surface area contributed by atoms with E-state index in [1.165, 1.54) is 16.8 Å². The van der Waals surface area contributed by atoms with Crippen LogP contribution in [0, 0.1) is 6.92 Å². The first-order valence-corrected chi connectivity index (χ1v) is 10.7. The van der Waals surface area contributed by atoms with Crippen LogP contribution >= 0.6 is 0 Å². The van der Waals surface area contributed by atoms with E-state index in [9.17, 15) is 18.0 Å². The van der Waals surface area contributed by atoms with Gasteiger partial charge < -0.3 is 9.40 Å². The van der Waals surface area contributed by atoms with Crippen molar-refractivity contribution in [3.63, 3.8) is 0 Å². The second-order valence-electron chi connectivity index (χ2n) is 8.21. The minimum Gasteiger partial charge on any atom is -0.422 e. The highest BCUT2D eigenvalue weighted by Crippen LogP contribution is 2.32. The number of hydrogen-bond donors (Lipinski definition) is 1. The number of hydrogen-bond acceptors (Lipinski definition) is 6. The molecule has 3 aromatic heterocycles. The molecule has 11 heteroatoms. The molecule has 1 N–H and O–H groups in total. The molecule has 0 aliphatic rings. The number of H-pyrrole nitrogens is 1. The van der Waals surface area contributed by atoms with Gasteiger partial charge in [0.25, 0.3) is 11.4 Å². The smallest absolute Gasteiger partial charge is 0.416 e. The van der Waals surface area contributed by atoms with Gasteiger partial charge in [0.05, 0.1) is 11.6 Å². The van der Waals surface area contributed by atoms with E-state index in [-0.39, 0.29) is 22.6 Å². The zero-order valence-corrected chi connectivity index (χ0v) is 18.7. The Morgan fingerprint density at radius 3 is 2.57 bits per heavy atom. The molecule has 1 unspecified atom stereocenters. The number of nitrogens with zero attached hydrogens (tertiary/aromatic N) is 5. The van der Waals surface area contributed by atoms with E-state index in [4.69, 9.17) is 4.42 Å². The number of aromatic amines is 1. The second kappa shape index (κ2) is 8.49. The number of fused-ring (bicyclic) bond motifs is 1. The Kier molecular flexibility index (Phi) is 5.46. The second-order valence-corrected chi connectivity index (χ2v) is 8.21. The average Bonchev–Trinajstić information content (AvgIpc) is 3.46. The quantitative estimate of drug-likeness (QED) is 0.391. The molecule has 5 aromatic rings. The van der Waals surface area contributed by atoms with E-state index in [2.05, 4.69) is 25.3 Å². The highest BCUT2D eigenvalue weighted by molar-refractivity contribution is 5.88. The molecule has 0 amide bonds. The van der Waals surface area contributed by atoms with Crippen LogP contribution in [0.2, 0.25) is 0 Å². The van der Waals surface area contributed by atoms with Gasteiger partial charge in [-0.3, -0.25) is 4.79 Å². The van der Waals surface area contributed by atoms with Gasteiger partial charge in [-0.15, -0.1) is 10.2 Å². The maximum atomic E-state index is 13.1. The largest absolute Gasteiger partial charge is 0.422 e. The van der Waals surface area contributed by atoms with Crippen molar-refractivity contribution in [2.45, 2.75) is 32.5 Å². The summed E-state index contributed by atoms with van der Waals surface area (Å²) in [5.41, 5.74) is 1.82. The normalized spacial score (nSPS) is 12.8. The first-order valence-electron chi connectivity index (χ1n) is 10.7. The van der Waals surface area contributed by atoms with E-state index < -0.39 is 23.3 Å². The third kappa shape index (κ3) is 4.32. The molecule has 0 bridgehead atoms. The predicted molar refractivity (Wildman–Crippen MR) is 121 cm³/mol. The lowest BCUT2D eigenvalue weighted by Gasteiger charge is -2.15. The van der Waals surface area contributed by atoms with Crippen LogP contribution in [0.15, 0.2) is 64.1 Å². The van der Waals surface area contributed by atoms with Crippen molar-refractivity contribution in [2.24, 2.45) is 0 Å². The number of rotatable bonds is 5. The summed E-state index contributed by atoms with van der Waals surface area (Å²) in [4.78, 5) is 20.6.